The first-order valence-corrected chi connectivity index (χ1v) is 15.2. The van der Waals surface area contributed by atoms with Gasteiger partial charge in [-0.05, 0) is 51.8 Å². The topological polar surface area (TPSA) is 104 Å². The standard InChI is InChI=1S/C31H42N6O2S/c1-22(2)19-26(21-40)31(39)32-17-18-37(29(38)16-13-23-7-3-4-8-23)20-24-11-14-25(15-12-24)27-9-5-6-10-28(27)30-33-35-36-34-30/h5-6,9-12,14-15,22-23,26,40H,3-4,7-8,13,16-21H2,1-2H3,(H,32,39)(H,33,34,35,36). The van der Waals surface area contributed by atoms with Crippen LogP contribution < -0.4 is 5.32 Å². The Kier molecular flexibility index (Phi) is 11.1. The highest BCUT2D eigenvalue weighted by Crippen LogP contribution is 2.31. The Morgan fingerprint density at radius 3 is 2.45 bits per heavy atom. The number of hydrogen-bond donors (Lipinski definition) is 3. The second-order valence-electron chi connectivity index (χ2n) is 11.3. The summed E-state index contributed by atoms with van der Waals surface area (Å²) >= 11 is 4.38. The van der Waals surface area contributed by atoms with Gasteiger partial charge in [-0.1, -0.05) is 88.1 Å². The van der Waals surface area contributed by atoms with E-state index in [0.717, 1.165) is 35.1 Å². The molecule has 2 N–H and O–H groups in total. The number of carbonyl (C=O) groups excluding carboxylic acids is 2. The zero-order valence-electron chi connectivity index (χ0n) is 23.7. The average Bonchev–Trinajstić information content (AvgIpc) is 3.69. The van der Waals surface area contributed by atoms with Crippen LogP contribution in [0.15, 0.2) is 48.5 Å². The van der Waals surface area contributed by atoms with Gasteiger partial charge in [0.15, 0.2) is 5.82 Å². The summed E-state index contributed by atoms with van der Waals surface area (Å²) in [5, 5.41) is 17.4. The lowest BCUT2D eigenvalue weighted by Crippen LogP contribution is -2.40. The maximum Gasteiger partial charge on any atom is 0.224 e. The molecule has 8 nitrogen and oxygen atoms in total. The van der Waals surface area contributed by atoms with Crippen LogP contribution >= 0.6 is 12.6 Å². The highest BCUT2D eigenvalue weighted by Gasteiger charge is 2.21. The van der Waals surface area contributed by atoms with E-state index in [4.69, 9.17) is 0 Å². The summed E-state index contributed by atoms with van der Waals surface area (Å²) in [5.74, 6) is 2.30. The molecule has 214 valence electrons. The Morgan fingerprint density at radius 1 is 1.07 bits per heavy atom. The maximum atomic E-state index is 13.4. The average molecular weight is 563 g/mol. The molecule has 1 aliphatic carbocycles. The second-order valence-corrected chi connectivity index (χ2v) is 11.7. The van der Waals surface area contributed by atoms with E-state index < -0.39 is 0 Å². The van der Waals surface area contributed by atoms with Gasteiger partial charge in [0, 0.05) is 43.3 Å². The third kappa shape index (κ3) is 8.40. The summed E-state index contributed by atoms with van der Waals surface area (Å²) in [5.41, 5.74) is 4.05. The number of nitrogens with zero attached hydrogens (tertiary/aromatic N) is 4. The summed E-state index contributed by atoms with van der Waals surface area (Å²) in [6, 6.07) is 16.3. The van der Waals surface area contributed by atoms with Crippen molar-refractivity contribution in [2.24, 2.45) is 17.8 Å². The molecule has 9 heteroatoms. The molecular formula is C31H42N6O2S. The van der Waals surface area contributed by atoms with Crippen molar-refractivity contribution in [1.29, 1.82) is 0 Å². The number of amides is 2. The summed E-state index contributed by atoms with van der Waals surface area (Å²) in [4.78, 5) is 28.0. The number of aromatic nitrogens is 4. The molecule has 2 amide bonds. The summed E-state index contributed by atoms with van der Waals surface area (Å²) < 4.78 is 0. The van der Waals surface area contributed by atoms with Crippen LogP contribution in [0.1, 0.15) is 64.4 Å². The summed E-state index contributed by atoms with van der Waals surface area (Å²) in [6.45, 7) is 5.66. The van der Waals surface area contributed by atoms with Crippen molar-refractivity contribution >= 4 is 24.4 Å². The van der Waals surface area contributed by atoms with Gasteiger partial charge in [-0.2, -0.15) is 12.6 Å². The molecule has 1 aromatic heterocycles. The number of carbonyl (C=O) groups is 2. The Balaban J connectivity index is 1.42. The minimum absolute atomic E-state index is 0.0204. The zero-order chi connectivity index (χ0) is 28.3. The van der Waals surface area contributed by atoms with Crippen molar-refractivity contribution in [1.82, 2.24) is 30.8 Å². The Labute approximate surface area is 243 Å². The fourth-order valence-corrected chi connectivity index (χ4v) is 5.91. The van der Waals surface area contributed by atoms with Gasteiger partial charge in [-0.25, -0.2) is 5.10 Å². The van der Waals surface area contributed by atoms with E-state index in [9.17, 15) is 9.59 Å². The predicted octanol–water partition coefficient (Wildman–Crippen LogP) is 5.54. The predicted molar refractivity (Wildman–Crippen MR) is 161 cm³/mol. The number of hydrogen-bond acceptors (Lipinski definition) is 6. The van der Waals surface area contributed by atoms with Crippen LogP contribution in [0.25, 0.3) is 22.5 Å². The van der Waals surface area contributed by atoms with Gasteiger partial charge in [-0.15, -0.1) is 5.10 Å². The van der Waals surface area contributed by atoms with Gasteiger partial charge in [0.1, 0.15) is 0 Å². The fraction of sp³-hybridized carbons (Fsp3) is 0.516. The number of thiol groups is 1. The molecule has 1 saturated carbocycles. The number of tetrazole rings is 1. The second kappa shape index (κ2) is 15.0. The zero-order valence-corrected chi connectivity index (χ0v) is 24.6. The molecule has 4 rings (SSSR count). The Morgan fingerprint density at radius 2 is 1.80 bits per heavy atom. The van der Waals surface area contributed by atoms with Gasteiger partial charge >= 0.3 is 0 Å². The minimum Gasteiger partial charge on any atom is -0.354 e. The van der Waals surface area contributed by atoms with Crippen molar-refractivity contribution in [3.8, 4) is 22.5 Å². The molecule has 3 aromatic rings. The van der Waals surface area contributed by atoms with Crippen molar-refractivity contribution in [2.75, 3.05) is 18.8 Å². The van der Waals surface area contributed by atoms with Crippen LogP contribution in [0.3, 0.4) is 0 Å². The van der Waals surface area contributed by atoms with Gasteiger partial charge in [0.25, 0.3) is 0 Å². The van der Waals surface area contributed by atoms with Gasteiger partial charge in [-0.3, -0.25) is 9.59 Å². The van der Waals surface area contributed by atoms with E-state index in [2.05, 4.69) is 76.7 Å². The lowest BCUT2D eigenvalue weighted by atomic mass is 9.98. The normalized spacial score (nSPS) is 14.4. The molecule has 0 saturated heterocycles. The monoisotopic (exact) mass is 562 g/mol. The molecule has 0 aliphatic heterocycles. The number of aromatic amines is 1. The van der Waals surface area contributed by atoms with Crippen LogP contribution in [-0.2, 0) is 16.1 Å². The lowest BCUT2D eigenvalue weighted by Gasteiger charge is -2.25. The van der Waals surface area contributed by atoms with Crippen LogP contribution in [-0.4, -0.2) is 56.2 Å². The molecule has 1 heterocycles. The van der Waals surface area contributed by atoms with E-state index in [1.165, 1.54) is 25.7 Å². The number of H-pyrrole nitrogens is 1. The lowest BCUT2D eigenvalue weighted by molar-refractivity contribution is -0.133. The van der Waals surface area contributed by atoms with E-state index >= 15 is 0 Å². The van der Waals surface area contributed by atoms with E-state index in [0.29, 0.717) is 49.5 Å². The van der Waals surface area contributed by atoms with E-state index in [-0.39, 0.29) is 17.7 Å². The van der Waals surface area contributed by atoms with Crippen LogP contribution in [0.4, 0.5) is 0 Å². The summed E-state index contributed by atoms with van der Waals surface area (Å²) in [6.07, 6.45) is 7.34. The minimum atomic E-state index is -0.113. The molecule has 0 radical (unpaired) electrons. The van der Waals surface area contributed by atoms with E-state index in [1.54, 1.807) is 0 Å². The molecule has 40 heavy (non-hydrogen) atoms. The first kappa shape index (κ1) is 29.8. The number of rotatable bonds is 14. The van der Waals surface area contributed by atoms with Crippen LogP contribution in [0.5, 0.6) is 0 Å². The molecule has 0 bridgehead atoms. The quantitative estimate of drug-likeness (QED) is 0.224. The highest BCUT2D eigenvalue weighted by atomic mass is 32.1. The van der Waals surface area contributed by atoms with Crippen molar-refractivity contribution in [3.05, 3.63) is 54.1 Å². The highest BCUT2D eigenvalue weighted by molar-refractivity contribution is 7.80. The van der Waals surface area contributed by atoms with Crippen molar-refractivity contribution < 1.29 is 9.59 Å². The first-order valence-electron chi connectivity index (χ1n) is 14.5. The molecule has 1 aliphatic rings. The largest absolute Gasteiger partial charge is 0.354 e. The van der Waals surface area contributed by atoms with Gasteiger partial charge < -0.3 is 10.2 Å². The molecule has 1 atom stereocenters. The van der Waals surface area contributed by atoms with Gasteiger partial charge in [0.05, 0.1) is 0 Å². The van der Waals surface area contributed by atoms with Crippen LogP contribution in [0, 0.1) is 17.8 Å². The molecule has 0 spiro atoms. The smallest absolute Gasteiger partial charge is 0.224 e. The maximum absolute atomic E-state index is 13.4. The van der Waals surface area contributed by atoms with Crippen molar-refractivity contribution in [3.63, 3.8) is 0 Å². The van der Waals surface area contributed by atoms with E-state index in [1.807, 2.05) is 29.2 Å². The SMILES string of the molecule is CC(C)CC(CS)C(=O)NCCN(Cc1ccc(-c2ccccc2-c2nnn[nH]2)cc1)C(=O)CCC1CCCC1. The molecule has 2 aromatic carbocycles. The van der Waals surface area contributed by atoms with Crippen LogP contribution in [0.2, 0.25) is 0 Å². The molecule has 1 unspecified atom stereocenters. The summed E-state index contributed by atoms with van der Waals surface area (Å²) in [7, 11) is 0. The Bertz CT molecular complexity index is 1210. The number of benzene rings is 2. The molecule has 1 fully saturated rings. The van der Waals surface area contributed by atoms with Crippen molar-refractivity contribution in [2.45, 2.75) is 65.3 Å². The third-order valence-corrected chi connectivity index (χ3v) is 8.23. The Hall–Kier alpha value is -3.20. The fourth-order valence-electron chi connectivity index (χ4n) is 5.59. The number of nitrogens with one attached hydrogen (secondary N) is 2. The third-order valence-electron chi connectivity index (χ3n) is 7.79. The first-order chi connectivity index (χ1) is 19.4. The molecular weight excluding hydrogens is 520 g/mol. The van der Waals surface area contributed by atoms with Gasteiger partial charge in [0.2, 0.25) is 11.8 Å².